The quantitative estimate of drug-likeness (QED) is 0.841. The molecule has 2 aromatic rings. The smallest absolute Gasteiger partial charge is 0.146 e. The highest BCUT2D eigenvalue weighted by molar-refractivity contribution is 5.24. The third kappa shape index (κ3) is 4.86. The summed E-state index contributed by atoms with van der Waals surface area (Å²) in [4.78, 5) is 0. The van der Waals surface area contributed by atoms with Gasteiger partial charge < -0.3 is 14.5 Å². The van der Waals surface area contributed by atoms with Gasteiger partial charge in [-0.25, -0.2) is 8.78 Å². The zero-order chi connectivity index (χ0) is 15.2. The number of furan rings is 1. The van der Waals surface area contributed by atoms with Crippen molar-refractivity contribution >= 4 is 0 Å². The van der Waals surface area contributed by atoms with Crippen LogP contribution in [0.15, 0.2) is 34.9 Å². The Balaban J connectivity index is 1.92. The van der Waals surface area contributed by atoms with Gasteiger partial charge in [-0.05, 0) is 18.5 Å². The summed E-state index contributed by atoms with van der Waals surface area (Å²) in [6.45, 7) is 5.97. The maximum absolute atomic E-state index is 13.1. The third-order valence-electron chi connectivity index (χ3n) is 2.91. The van der Waals surface area contributed by atoms with Crippen LogP contribution in [0.4, 0.5) is 8.78 Å². The van der Waals surface area contributed by atoms with Gasteiger partial charge in [0.15, 0.2) is 0 Å². The van der Waals surface area contributed by atoms with Gasteiger partial charge >= 0.3 is 0 Å². The maximum Gasteiger partial charge on any atom is 0.146 e. The van der Waals surface area contributed by atoms with E-state index >= 15 is 0 Å². The van der Waals surface area contributed by atoms with Crippen LogP contribution >= 0.6 is 0 Å². The van der Waals surface area contributed by atoms with Crippen LogP contribution in [0.5, 0.6) is 5.75 Å². The number of rotatable bonds is 7. The van der Waals surface area contributed by atoms with E-state index in [0.717, 1.165) is 30.3 Å². The molecule has 1 heterocycles. The summed E-state index contributed by atoms with van der Waals surface area (Å²) in [6.07, 6.45) is 1.58. The Labute approximate surface area is 122 Å². The van der Waals surface area contributed by atoms with E-state index in [-0.39, 0.29) is 12.4 Å². The molecule has 2 rings (SSSR count). The van der Waals surface area contributed by atoms with Crippen LogP contribution in [0.1, 0.15) is 25.2 Å². The molecular formula is C16H19F2NO2. The highest BCUT2D eigenvalue weighted by Gasteiger charge is 2.08. The van der Waals surface area contributed by atoms with E-state index in [4.69, 9.17) is 9.15 Å². The van der Waals surface area contributed by atoms with E-state index in [1.807, 2.05) is 6.07 Å². The lowest BCUT2D eigenvalue weighted by Gasteiger charge is -2.09. The second-order valence-electron chi connectivity index (χ2n) is 5.29. The molecule has 0 saturated heterocycles. The number of benzene rings is 1. The number of hydrogen-bond donors (Lipinski definition) is 1. The Bertz CT molecular complexity index is 561. The van der Waals surface area contributed by atoms with Crippen molar-refractivity contribution in [3.8, 4) is 5.75 Å². The Morgan fingerprint density at radius 1 is 1.19 bits per heavy atom. The fraction of sp³-hybridized carbons (Fsp3) is 0.375. The van der Waals surface area contributed by atoms with Crippen LogP contribution in [0, 0.1) is 17.6 Å². The van der Waals surface area contributed by atoms with Crippen LogP contribution in [0.3, 0.4) is 0 Å². The number of ether oxygens (including phenoxy) is 1. The summed E-state index contributed by atoms with van der Waals surface area (Å²) in [5.41, 5.74) is 0.979. The minimum atomic E-state index is -0.664. The molecular weight excluding hydrogens is 276 g/mol. The van der Waals surface area contributed by atoms with Gasteiger partial charge in [-0.15, -0.1) is 0 Å². The largest absolute Gasteiger partial charge is 0.485 e. The van der Waals surface area contributed by atoms with Crippen molar-refractivity contribution in [2.75, 3.05) is 6.54 Å². The SMILES string of the molecule is CC(C)CNCc1ccoc1COc1cc(F)cc(F)c1. The van der Waals surface area contributed by atoms with E-state index in [2.05, 4.69) is 19.2 Å². The first kappa shape index (κ1) is 15.5. The van der Waals surface area contributed by atoms with Gasteiger partial charge in [0.05, 0.1) is 6.26 Å². The molecule has 1 N–H and O–H groups in total. The molecule has 0 fully saturated rings. The van der Waals surface area contributed by atoms with Crippen molar-refractivity contribution in [3.63, 3.8) is 0 Å². The van der Waals surface area contributed by atoms with E-state index in [0.29, 0.717) is 18.2 Å². The van der Waals surface area contributed by atoms with Gasteiger partial charge in [0.2, 0.25) is 0 Å². The van der Waals surface area contributed by atoms with E-state index in [1.54, 1.807) is 6.26 Å². The molecule has 0 radical (unpaired) electrons. The van der Waals surface area contributed by atoms with Gasteiger partial charge in [0.25, 0.3) is 0 Å². The molecule has 5 heteroatoms. The molecule has 0 bridgehead atoms. The summed E-state index contributed by atoms with van der Waals surface area (Å²) >= 11 is 0. The first-order valence-electron chi connectivity index (χ1n) is 6.89. The standard InChI is InChI=1S/C16H19F2NO2/c1-11(2)8-19-9-12-3-4-20-16(12)10-21-15-6-13(17)5-14(18)7-15/h3-7,11,19H,8-10H2,1-2H3. The number of nitrogens with one attached hydrogen (secondary N) is 1. The van der Waals surface area contributed by atoms with Gasteiger partial charge in [-0.1, -0.05) is 13.8 Å². The summed E-state index contributed by atoms with van der Waals surface area (Å²) in [6, 6.07) is 4.95. The molecule has 0 aliphatic rings. The van der Waals surface area contributed by atoms with E-state index in [9.17, 15) is 8.78 Å². The van der Waals surface area contributed by atoms with Crippen molar-refractivity contribution in [3.05, 3.63) is 53.5 Å². The normalized spacial score (nSPS) is 11.1. The van der Waals surface area contributed by atoms with Crippen LogP contribution < -0.4 is 10.1 Å². The van der Waals surface area contributed by atoms with Crippen LogP contribution in [0.2, 0.25) is 0 Å². The zero-order valence-corrected chi connectivity index (χ0v) is 12.2. The van der Waals surface area contributed by atoms with E-state index in [1.165, 1.54) is 0 Å². The van der Waals surface area contributed by atoms with Crippen molar-refractivity contribution in [1.29, 1.82) is 0 Å². The van der Waals surface area contributed by atoms with Gasteiger partial charge in [-0.2, -0.15) is 0 Å². The molecule has 0 unspecified atom stereocenters. The predicted octanol–water partition coefficient (Wildman–Crippen LogP) is 3.88. The highest BCUT2D eigenvalue weighted by Crippen LogP contribution is 2.18. The van der Waals surface area contributed by atoms with Crippen molar-refractivity contribution in [2.45, 2.75) is 27.0 Å². The summed E-state index contributed by atoms with van der Waals surface area (Å²) in [5, 5.41) is 3.31. The third-order valence-corrected chi connectivity index (χ3v) is 2.91. The monoisotopic (exact) mass is 295 g/mol. The summed E-state index contributed by atoms with van der Waals surface area (Å²) < 4.78 is 36.9. The number of halogens is 2. The molecule has 114 valence electrons. The highest BCUT2D eigenvalue weighted by atomic mass is 19.1. The molecule has 3 nitrogen and oxygen atoms in total. The molecule has 0 aliphatic heterocycles. The van der Waals surface area contributed by atoms with Crippen LogP contribution in [-0.4, -0.2) is 6.54 Å². The molecule has 1 aromatic carbocycles. The Morgan fingerprint density at radius 3 is 2.57 bits per heavy atom. The van der Waals surface area contributed by atoms with Crippen molar-refractivity contribution in [1.82, 2.24) is 5.32 Å². The fourth-order valence-electron chi connectivity index (χ4n) is 1.91. The molecule has 0 aliphatic carbocycles. The van der Waals surface area contributed by atoms with Crippen LogP contribution in [-0.2, 0) is 13.2 Å². The Hall–Kier alpha value is -1.88. The molecule has 0 amide bonds. The fourth-order valence-corrected chi connectivity index (χ4v) is 1.91. The Morgan fingerprint density at radius 2 is 1.90 bits per heavy atom. The van der Waals surface area contributed by atoms with Gasteiger partial charge in [0, 0.05) is 30.3 Å². The molecule has 0 saturated carbocycles. The lowest BCUT2D eigenvalue weighted by molar-refractivity contribution is 0.265. The summed E-state index contributed by atoms with van der Waals surface area (Å²) in [7, 11) is 0. The van der Waals surface area contributed by atoms with Gasteiger partial charge in [0.1, 0.15) is 29.8 Å². The summed E-state index contributed by atoms with van der Waals surface area (Å²) in [5.74, 6) is 0.0272. The van der Waals surface area contributed by atoms with E-state index < -0.39 is 11.6 Å². The molecule has 0 spiro atoms. The second kappa shape index (κ2) is 7.22. The first-order valence-corrected chi connectivity index (χ1v) is 6.89. The van der Waals surface area contributed by atoms with Crippen molar-refractivity contribution in [2.24, 2.45) is 5.92 Å². The second-order valence-corrected chi connectivity index (χ2v) is 5.29. The average Bonchev–Trinajstić information content (AvgIpc) is 2.82. The first-order chi connectivity index (χ1) is 10.0. The minimum Gasteiger partial charge on any atom is -0.485 e. The molecule has 0 atom stereocenters. The average molecular weight is 295 g/mol. The van der Waals surface area contributed by atoms with Crippen LogP contribution in [0.25, 0.3) is 0 Å². The molecule has 1 aromatic heterocycles. The Kier molecular flexibility index (Phi) is 5.33. The molecule has 21 heavy (non-hydrogen) atoms. The number of hydrogen-bond acceptors (Lipinski definition) is 3. The predicted molar refractivity (Wildman–Crippen MR) is 75.9 cm³/mol. The van der Waals surface area contributed by atoms with Gasteiger partial charge in [-0.3, -0.25) is 0 Å². The zero-order valence-electron chi connectivity index (χ0n) is 12.2. The minimum absolute atomic E-state index is 0.134. The lowest BCUT2D eigenvalue weighted by atomic mass is 10.2. The topological polar surface area (TPSA) is 34.4 Å². The van der Waals surface area contributed by atoms with Crippen molar-refractivity contribution < 1.29 is 17.9 Å². The maximum atomic E-state index is 13.1. The lowest BCUT2D eigenvalue weighted by Crippen LogP contribution is -2.19.